The van der Waals surface area contributed by atoms with E-state index in [1.807, 2.05) is 0 Å². The zero-order chi connectivity index (χ0) is 12.0. The van der Waals surface area contributed by atoms with E-state index in [0.29, 0.717) is 5.69 Å². The van der Waals surface area contributed by atoms with Gasteiger partial charge in [0.25, 0.3) is 0 Å². The summed E-state index contributed by atoms with van der Waals surface area (Å²) in [5.41, 5.74) is 0.503. The van der Waals surface area contributed by atoms with Gasteiger partial charge in [0.1, 0.15) is 0 Å². The number of carbonyl (C=O) groups is 1. The van der Waals surface area contributed by atoms with Crippen molar-refractivity contribution in [1.29, 1.82) is 0 Å². The van der Waals surface area contributed by atoms with Gasteiger partial charge in [-0.2, -0.15) is 13.2 Å². The summed E-state index contributed by atoms with van der Waals surface area (Å²) in [6.07, 6.45) is -1.64. The Kier molecular flexibility index (Phi) is 4.21. The minimum atomic E-state index is -4.30. The summed E-state index contributed by atoms with van der Waals surface area (Å²) in [7, 11) is 0. The first-order chi connectivity index (χ1) is 7.47. The quantitative estimate of drug-likeness (QED) is 0.856. The summed E-state index contributed by atoms with van der Waals surface area (Å²) in [6.45, 7) is 0.0878. The number of alkyl halides is 3. The second-order valence-electron chi connectivity index (χ2n) is 3.09. The standard InChI is InChI=1S/C9H10F3N3O/c10-9(11,12)2-1-8(16)15-6-7-5-13-3-4-14-7/h3-5H,1-2,6H2,(H,15,16). The molecule has 0 aromatic carbocycles. The third-order valence-electron chi connectivity index (χ3n) is 1.72. The molecule has 0 spiro atoms. The van der Waals surface area contributed by atoms with E-state index < -0.39 is 24.9 Å². The number of hydrogen-bond donors (Lipinski definition) is 1. The van der Waals surface area contributed by atoms with Crippen LogP contribution in [-0.4, -0.2) is 22.1 Å². The van der Waals surface area contributed by atoms with Crippen LogP contribution >= 0.6 is 0 Å². The van der Waals surface area contributed by atoms with Gasteiger partial charge >= 0.3 is 6.18 Å². The van der Waals surface area contributed by atoms with Crippen LogP contribution in [0.5, 0.6) is 0 Å². The van der Waals surface area contributed by atoms with Crippen LogP contribution in [0.3, 0.4) is 0 Å². The molecule has 16 heavy (non-hydrogen) atoms. The van der Waals surface area contributed by atoms with Gasteiger partial charge in [-0.25, -0.2) is 0 Å². The molecule has 1 heterocycles. The van der Waals surface area contributed by atoms with Crippen molar-refractivity contribution < 1.29 is 18.0 Å². The molecule has 1 aromatic rings. The third-order valence-corrected chi connectivity index (χ3v) is 1.72. The van der Waals surface area contributed by atoms with Gasteiger partial charge in [-0.1, -0.05) is 0 Å². The van der Waals surface area contributed by atoms with Gasteiger partial charge in [-0.15, -0.1) is 0 Å². The Bertz CT molecular complexity index is 340. The van der Waals surface area contributed by atoms with Crippen LogP contribution in [0.4, 0.5) is 13.2 Å². The Morgan fingerprint density at radius 2 is 2.12 bits per heavy atom. The molecule has 1 amide bonds. The molecule has 1 N–H and O–H groups in total. The van der Waals surface area contributed by atoms with E-state index in [1.54, 1.807) is 0 Å². The molecule has 0 radical (unpaired) electrons. The molecule has 0 saturated heterocycles. The van der Waals surface area contributed by atoms with E-state index in [4.69, 9.17) is 0 Å². The molecule has 1 aromatic heterocycles. The first-order valence-electron chi connectivity index (χ1n) is 4.56. The number of carbonyl (C=O) groups excluding carboxylic acids is 1. The number of nitrogens with one attached hydrogen (secondary N) is 1. The molecule has 0 aliphatic rings. The lowest BCUT2D eigenvalue weighted by Crippen LogP contribution is -2.24. The molecule has 0 aliphatic carbocycles. The average molecular weight is 233 g/mol. The predicted octanol–water partition coefficient (Wildman–Crippen LogP) is 1.44. The van der Waals surface area contributed by atoms with Crippen molar-refractivity contribution >= 4 is 5.91 Å². The van der Waals surface area contributed by atoms with Crippen LogP contribution in [0.25, 0.3) is 0 Å². The molecule has 0 unspecified atom stereocenters. The molecular formula is C9H10F3N3O. The molecule has 7 heteroatoms. The number of halogens is 3. The SMILES string of the molecule is O=C(CCC(F)(F)F)NCc1cnccn1. The molecule has 4 nitrogen and oxygen atoms in total. The van der Waals surface area contributed by atoms with Crippen LogP contribution in [0.2, 0.25) is 0 Å². The van der Waals surface area contributed by atoms with Gasteiger partial charge in [-0.3, -0.25) is 14.8 Å². The summed E-state index contributed by atoms with van der Waals surface area (Å²) in [5.74, 6) is -0.650. The highest BCUT2D eigenvalue weighted by Gasteiger charge is 2.27. The smallest absolute Gasteiger partial charge is 0.350 e. The Morgan fingerprint density at radius 3 is 2.69 bits per heavy atom. The van der Waals surface area contributed by atoms with Crippen molar-refractivity contribution in [3.05, 3.63) is 24.3 Å². The Balaban J connectivity index is 2.26. The largest absolute Gasteiger partial charge is 0.389 e. The van der Waals surface area contributed by atoms with Crippen molar-refractivity contribution in [3.8, 4) is 0 Å². The van der Waals surface area contributed by atoms with Crippen LogP contribution in [0.1, 0.15) is 18.5 Å². The highest BCUT2D eigenvalue weighted by Crippen LogP contribution is 2.20. The second kappa shape index (κ2) is 5.43. The minimum Gasteiger partial charge on any atom is -0.350 e. The fourth-order valence-electron chi connectivity index (χ4n) is 0.954. The normalized spacial score (nSPS) is 11.2. The van der Waals surface area contributed by atoms with E-state index in [2.05, 4.69) is 15.3 Å². The fourth-order valence-corrected chi connectivity index (χ4v) is 0.954. The molecule has 1 rings (SSSR count). The van der Waals surface area contributed by atoms with Gasteiger partial charge < -0.3 is 5.32 Å². The highest BCUT2D eigenvalue weighted by molar-refractivity contribution is 5.75. The van der Waals surface area contributed by atoms with E-state index >= 15 is 0 Å². The van der Waals surface area contributed by atoms with Gasteiger partial charge in [0.2, 0.25) is 5.91 Å². The summed E-state index contributed by atoms with van der Waals surface area (Å²) in [4.78, 5) is 18.6. The first-order valence-corrected chi connectivity index (χ1v) is 4.56. The number of hydrogen-bond acceptors (Lipinski definition) is 3. The third kappa shape index (κ3) is 5.28. The van der Waals surface area contributed by atoms with Crippen molar-refractivity contribution in [3.63, 3.8) is 0 Å². The van der Waals surface area contributed by atoms with Crippen molar-refractivity contribution in [2.45, 2.75) is 25.6 Å². The van der Waals surface area contributed by atoms with E-state index in [9.17, 15) is 18.0 Å². The predicted molar refractivity (Wildman–Crippen MR) is 49.2 cm³/mol. The first kappa shape index (κ1) is 12.4. The number of aromatic nitrogens is 2. The van der Waals surface area contributed by atoms with Crippen LogP contribution in [0.15, 0.2) is 18.6 Å². The minimum absolute atomic E-state index is 0.0878. The molecule has 0 aliphatic heterocycles. The maximum atomic E-state index is 11.8. The second-order valence-corrected chi connectivity index (χ2v) is 3.09. The molecule has 0 atom stereocenters. The topological polar surface area (TPSA) is 54.9 Å². The monoisotopic (exact) mass is 233 g/mol. The van der Waals surface area contributed by atoms with E-state index in [1.165, 1.54) is 18.6 Å². The maximum Gasteiger partial charge on any atom is 0.389 e. The summed E-state index contributed by atoms with van der Waals surface area (Å²) >= 11 is 0. The molecule has 88 valence electrons. The van der Waals surface area contributed by atoms with E-state index in [-0.39, 0.29) is 6.54 Å². The van der Waals surface area contributed by atoms with Crippen molar-refractivity contribution in [2.75, 3.05) is 0 Å². The summed E-state index contributed by atoms with van der Waals surface area (Å²) in [6, 6.07) is 0. The lowest BCUT2D eigenvalue weighted by molar-refractivity contribution is -0.144. The van der Waals surface area contributed by atoms with Gasteiger partial charge in [0, 0.05) is 18.8 Å². The number of nitrogens with zero attached hydrogens (tertiary/aromatic N) is 2. The van der Waals surface area contributed by atoms with E-state index in [0.717, 1.165) is 0 Å². The Hall–Kier alpha value is -1.66. The van der Waals surface area contributed by atoms with Gasteiger partial charge in [0.05, 0.1) is 24.9 Å². The van der Waals surface area contributed by atoms with Crippen molar-refractivity contribution in [1.82, 2.24) is 15.3 Å². The van der Waals surface area contributed by atoms with Crippen LogP contribution in [-0.2, 0) is 11.3 Å². The lowest BCUT2D eigenvalue weighted by Gasteiger charge is -2.06. The molecule has 0 saturated carbocycles. The van der Waals surface area contributed by atoms with Gasteiger partial charge in [0.15, 0.2) is 0 Å². The summed E-state index contributed by atoms with van der Waals surface area (Å²) < 4.78 is 35.3. The maximum absolute atomic E-state index is 11.8. The number of amides is 1. The Morgan fingerprint density at radius 1 is 1.38 bits per heavy atom. The highest BCUT2D eigenvalue weighted by atomic mass is 19.4. The average Bonchev–Trinajstić information content (AvgIpc) is 2.24. The zero-order valence-electron chi connectivity index (χ0n) is 8.29. The van der Waals surface area contributed by atoms with Crippen molar-refractivity contribution in [2.24, 2.45) is 0 Å². The fraction of sp³-hybridized carbons (Fsp3) is 0.444. The van der Waals surface area contributed by atoms with Gasteiger partial charge in [-0.05, 0) is 0 Å². The zero-order valence-corrected chi connectivity index (χ0v) is 8.29. The van der Waals surface area contributed by atoms with Crippen LogP contribution < -0.4 is 5.32 Å². The molecular weight excluding hydrogens is 223 g/mol. The Labute approximate surface area is 89.9 Å². The number of rotatable bonds is 4. The molecule has 0 fully saturated rings. The molecule has 0 bridgehead atoms. The van der Waals surface area contributed by atoms with Crippen LogP contribution in [0, 0.1) is 0 Å². The lowest BCUT2D eigenvalue weighted by atomic mass is 10.3. The summed E-state index contributed by atoms with van der Waals surface area (Å²) in [5, 5.41) is 2.33.